The number of aromatic nitrogens is 1. The van der Waals surface area contributed by atoms with Crippen LogP contribution in [0.3, 0.4) is 0 Å². The average Bonchev–Trinajstić information content (AvgIpc) is 2.48. The van der Waals surface area contributed by atoms with Gasteiger partial charge in [-0.1, -0.05) is 26.8 Å². The van der Waals surface area contributed by atoms with Gasteiger partial charge in [0.2, 0.25) is 0 Å². The first-order valence-electron chi connectivity index (χ1n) is 8.11. The molecule has 1 aromatic heterocycles. The lowest BCUT2D eigenvalue weighted by Gasteiger charge is -2.46. The van der Waals surface area contributed by atoms with Crippen LogP contribution in [0.15, 0.2) is 18.3 Å². The van der Waals surface area contributed by atoms with Crippen molar-refractivity contribution in [1.82, 2.24) is 15.2 Å². The van der Waals surface area contributed by atoms with Crippen LogP contribution in [-0.2, 0) is 6.42 Å². The molecule has 0 bridgehead atoms. The Morgan fingerprint density at radius 1 is 1.29 bits per heavy atom. The zero-order chi connectivity index (χ0) is 15.9. The normalized spacial score (nSPS) is 13.6. The van der Waals surface area contributed by atoms with Gasteiger partial charge in [0, 0.05) is 17.8 Å². The van der Waals surface area contributed by atoms with Crippen molar-refractivity contribution in [3.63, 3.8) is 0 Å². The highest BCUT2D eigenvalue weighted by atomic mass is 15.2. The van der Waals surface area contributed by atoms with E-state index in [-0.39, 0.29) is 5.54 Å². The van der Waals surface area contributed by atoms with Crippen molar-refractivity contribution in [3.8, 4) is 0 Å². The predicted octanol–water partition coefficient (Wildman–Crippen LogP) is 2.69. The summed E-state index contributed by atoms with van der Waals surface area (Å²) in [7, 11) is 4.36. The van der Waals surface area contributed by atoms with Gasteiger partial charge in [-0.05, 0) is 58.0 Å². The molecule has 0 spiro atoms. The fourth-order valence-electron chi connectivity index (χ4n) is 3.30. The van der Waals surface area contributed by atoms with Gasteiger partial charge < -0.3 is 16.0 Å². The summed E-state index contributed by atoms with van der Waals surface area (Å²) in [5.74, 6) is 0.653. The zero-order valence-electron chi connectivity index (χ0n) is 14.3. The molecule has 3 N–H and O–H groups in total. The Morgan fingerprint density at radius 2 is 1.95 bits per heavy atom. The number of nitrogens with two attached hydrogens (primary N) is 1. The molecule has 4 nitrogen and oxygen atoms in total. The number of pyridine rings is 1. The summed E-state index contributed by atoms with van der Waals surface area (Å²) < 4.78 is 0. The van der Waals surface area contributed by atoms with Gasteiger partial charge in [0.1, 0.15) is 5.82 Å². The molecule has 0 saturated carbocycles. The van der Waals surface area contributed by atoms with E-state index in [4.69, 9.17) is 5.73 Å². The van der Waals surface area contributed by atoms with Gasteiger partial charge in [-0.25, -0.2) is 4.98 Å². The molecule has 0 amide bonds. The molecule has 0 aliphatic carbocycles. The van der Waals surface area contributed by atoms with E-state index in [9.17, 15) is 0 Å². The molecule has 1 rings (SSSR count). The smallest absolute Gasteiger partial charge is 0.126 e. The monoisotopic (exact) mass is 292 g/mol. The number of hydrogen-bond donors (Lipinski definition) is 2. The van der Waals surface area contributed by atoms with Crippen LogP contribution in [0.5, 0.6) is 0 Å². The standard InChI is InChI=1S/C17H32N4/c1-6-11-19-15(17(7-2,8-3)21(4)5)13-14-10-9-12-20-16(14)18/h9-10,12,15,19H,6-8,11,13H2,1-5H3,(H2,18,20). The van der Waals surface area contributed by atoms with Crippen molar-refractivity contribution >= 4 is 5.82 Å². The fourth-order valence-corrected chi connectivity index (χ4v) is 3.30. The van der Waals surface area contributed by atoms with Crippen LogP contribution in [-0.4, -0.2) is 42.1 Å². The van der Waals surface area contributed by atoms with Crippen LogP contribution in [0.4, 0.5) is 5.82 Å². The third-order valence-corrected chi connectivity index (χ3v) is 4.75. The van der Waals surface area contributed by atoms with Crippen LogP contribution in [0.1, 0.15) is 45.6 Å². The molecule has 0 aliphatic heterocycles. The predicted molar refractivity (Wildman–Crippen MR) is 91.4 cm³/mol. The molecule has 0 radical (unpaired) electrons. The molecule has 120 valence electrons. The van der Waals surface area contributed by atoms with Gasteiger partial charge in [-0.3, -0.25) is 0 Å². The van der Waals surface area contributed by atoms with Crippen molar-refractivity contribution in [2.45, 2.75) is 58.0 Å². The van der Waals surface area contributed by atoms with Gasteiger partial charge in [0.05, 0.1) is 0 Å². The summed E-state index contributed by atoms with van der Waals surface area (Å²) in [6.45, 7) is 7.78. The van der Waals surface area contributed by atoms with Crippen LogP contribution >= 0.6 is 0 Å². The number of likely N-dealkylation sites (N-methyl/N-ethyl adjacent to an activating group) is 1. The number of rotatable bonds is 9. The van der Waals surface area contributed by atoms with Crippen molar-refractivity contribution in [2.24, 2.45) is 0 Å². The summed E-state index contributed by atoms with van der Waals surface area (Å²) in [6.07, 6.45) is 6.03. The molecule has 1 aromatic rings. The van der Waals surface area contributed by atoms with Crippen LogP contribution < -0.4 is 11.1 Å². The van der Waals surface area contributed by atoms with Gasteiger partial charge in [-0.15, -0.1) is 0 Å². The second-order valence-corrected chi connectivity index (χ2v) is 5.96. The molecular weight excluding hydrogens is 260 g/mol. The first kappa shape index (κ1) is 17.9. The zero-order valence-corrected chi connectivity index (χ0v) is 14.3. The van der Waals surface area contributed by atoms with Crippen LogP contribution in [0.2, 0.25) is 0 Å². The third-order valence-electron chi connectivity index (χ3n) is 4.75. The van der Waals surface area contributed by atoms with Gasteiger partial charge >= 0.3 is 0 Å². The molecule has 4 heteroatoms. The maximum atomic E-state index is 6.05. The van der Waals surface area contributed by atoms with Crippen molar-refractivity contribution in [1.29, 1.82) is 0 Å². The topological polar surface area (TPSA) is 54.2 Å². The second-order valence-electron chi connectivity index (χ2n) is 5.96. The summed E-state index contributed by atoms with van der Waals surface area (Å²) >= 11 is 0. The van der Waals surface area contributed by atoms with Crippen molar-refractivity contribution < 1.29 is 0 Å². The number of nitrogen functional groups attached to an aromatic ring is 1. The van der Waals surface area contributed by atoms with E-state index in [1.807, 2.05) is 6.07 Å². The SMILES string of the molecule is CCCNC(Cc1cccnc1N)C(CC)(CC)N(C)C. The fraction of sp³-hybridized carbons (Fsp3) is 0.706. The molecule has 0 fully saturated rings. The third kappa shape index (κ3) is 4.17. The Morgan fingerprint density at radius 3 is 2.43 bits per heavy atom. The molecular formula is C17H32N4. The van der Waals surface area contributed by atoms with Gasteiger partial charge in [0.25, 0.3) is 0 Å². The lowest BCUT2D eigenvalue weighted by atomic mass is 9.80. The quantitative estimate of drug-likeness (QED) is 0.735. The molecule has 1 atom stereocenters. The summed E-state index contributed by atoms with van der Waals surface area (Å²) in [5, 5.41) is 3.74. The van der Waals surface area contributed by atoms with Crippen molar-refractivity contribution in [3.05, 3.63) is 23.9 Å². The van der Waals surface area contributed by atoms with Crippen molar-refractivity contribution in [2.75, 3.05) is 26.4 Å². The highest BCUT2D eigenvalue weighted by molar-refractivity contribution is 5.39. The van der Waals surface area contributed by atoms with E-state index in [0.717, 1.165) is 37.8 Å². The van der Waals surface area contributed by atoms with E-state index in [2.05, 4.69) is 56.1 Å². The number of anilines is 1. The first-order valence-corrected chi connectivity index (χ1v) is 8.11. The molecule has 0 saturated heterocycles. The van der Waals surface area contributed by atoms with Gasteiger partial charge in [-0.2, -0.15) is 0 Å². The Bertz CT molecular complexity index is 413. The van der Waals surface area contributed by atoms with Crippen LogP contribution in [0.25, 0.3) is 0 Å². The lowest BCUT2D eigenvalue weighted by Crippen LogP contribution is -2.59. The molecule has 21 heavy (non-hydrogen) atoms. The maximum absolute atomic E-state index is 6.05. The minimum Gasteiger partial charge on any atom is -0.383 e. The second kappa shape index (κ2) is 8.35. The van der Waals surface area contributed by atoms with E-state index in [1.165, 1.54) is 0 Å². The molecule has 1 unspecified atom stereocenters. The lowest BCUT2D eigenvalue weighted by molar-refractivity contribution is 0.0882. The number of nitrogens with one attached hydrogen (secondary N) is 1. The van der Waals surface area contributed by atoms with Gasteiger partial charge in [0.15, 0.2) is 0 Å². The largest absolute Gasteiger partial charge is 0.383 e. The van der Waals surface area contributed by atoms with E-state index in [0.29, 0.717) is 11.9 Å². The minimum absolute atomic E-state index is 0.136. The number of nitrogens with zero attached hydrogens (tertiary/aromatic N) is 2. The Balaban J connectivity index is 3.06. The summed E-state index contributed by atoms with van der Waals surface area (Å²) in [6, 6.07) is 4.43. The maximum Gasteiger partial charge on any atom is 0.126 e. The minimum atomic E-state index is 0.136. The van der Waals surface area contributed by atoms with E-state index >= 15 is 0 Å². The Labute approximate surface area is 130 Å². The molecule has 1 heterocycles. The van der Waals surface area contributed by atoms with E-state index in [1.54, 1.807) is 6.20 Å². The molecule has 0 aliphatic rings. The highest BCUT2D eigenvalue weighted by Crippen LogP contribution is 2.29. The Kier molecular flexibility index (Phi) is 7.12. The van der Waals surface area contributed by atoms with E-state index < -0.39 is 0 Å². The number of hydrogen-bond acceptors (Lipinski definition) is 4. The average molecular weight is 292 g/mol. The molecule has 0 aromatic carbocycles. The summed E-state index contributed by atoms with van der Waals surface area (Å²) in [5.41, 5.74) is 7.32. The highest BCUT2D eigenvalue weighted by Gasteiger charge is 2.37. The first-order chi connectivity index (χ1) is 10.0. The summed E-state index contributed by atoms with van der Waals surface area (Å²) in [4.78, 5) is 6.60. The Hall–Kier alpha value is -1.13. The van der Waals surface area contributed by atoms with Crippen LogP contribution in [0, 0.1) is 0 Å².